The van der Waals surface area contributed by atoms with Crippen LogP contribution in [-0.4, -0.2) is 52.2 Å². The lowest BCUT2D eigenvalue weighted by Gasteiger charge is -2.34. The number of carbonyl (C=O) groups excluding carboxylic acids is 2. The third-order valence-corrected chi connectivity index (χ3v) is 5.38. The highest BCUT2D eigenvalue weighted by Crippen LogP contribution is 2.17. The molecule has 2 amide bonds. The van der Waals surface area contributed by atoms with Crippen LogP contribution in [0.1, 0.15) is 35.2 Å². The number of amides is 2. The largest absolute Gasteiger partial charge is 0.489 e. The Kier molecular flexibility index (Phi) is 7.41. The number of hydrogen-bond donors (Lipinski definition) is 3. The molecule has 1 aromatic carbocycles. The van der Waals surface area contributed by atoms with E-state index in [0.717, 1.165) is 42.5 Å². The van der Waals surface area contributed by atoms with Crippen LogP contribution < -0.4 is 15.8 Å². The van der Waals surface area contributed by atoms with Crippen molar-refractivity contribution in [2.75, 3.05) is 19.6 Å². The Bertz CT molecular complexity index is 887. The van der Waals surface area contributed by atoms with E-state index in [1.54, 1.807) is 30.5 Å². The van der Waals surface area contributed by atoms with Gasteiger partial charge in [-0.25, -0.2) is 4.98 Å². The van der Waals surface area contributed by atoms with Crippen molar-refractivity contribution in [1.82, 2.24) is 15.2 Å². The smallest absolute Gasteiger partial charge is 0.272 e. The molecule has 1 aromatic heterocycles. The molecule has 30 heavy (non-hydrogen) atoms. The number of benzene rings is 1. The van der Waals surface area contributed by atoms with Gasteiger partial charge in [-0.15, -0.1) is 0 Å². The van der Waals surface area contributed by atoms with Crippen LogP contribution in [0.4, 0.5) is 0 Å². The number of carbonyl (C=O) groups is 2. The molecule has 2 aromatic rings. The zero-order chi connectivity index (χ0) is 21.6. The van der Waals surface area contributed by atoms with Crippen molar-refractivity contribution in [1.29, 1.82) is 0 Å². The summed E-state index contributed by atoms with van der Waals surface area (Å²) < 4.78 is 6.44. The summed E-state index contributed by atoms with van der Waals surface area (Å²) in [4.78, 5) is 30.4. The number of primary amides is 1. The molecule has 1 atom stereocenters. The number of nitrogens with two attached hydrogens (primary N) is 1. The summed E-state index contributed by atoms with van der Waals surface area (Å²) in [7, 11) is 0. The van der Waals surface area contributed by atoms with Gasteiger partial charge in [0, 0.05) is 11.8 Å². The summed E-state index contributed by atoms with van der Waals surface area (Å²) >= 11 is 3.31. The maximum Gasteiger partial charge on any atom is 0.272 e. The number of β-amino-alcohol motifs (C(OH)–C–C–N with tert-alkyl or cyclic N) is 1. The van der Waals surface area contributed by atoms with Gasteiger partial charge in [-0.05, 0) is 83.8 Å². The molecule has 8 nitrogen and oxygen atoms in total. The van der Waals surface area contributed by atoms with Crippen molar-refractivity contribution in [3.63, 3.8) is 0 Å². The number of nitrogens with one attached hydrogen (secondary N) is 1. The van der Waals surface area contributed by atoms with Crippen molar-refractivity contribution in [2.45, 2.75) is 31.6 Å². The number of pyridine rings is 1. The van der Waals surface area contributed by atoms with E-state index >= 15 is 0 Å². The number of aliphatic hydroxyl groups is 1. The molecule has 0 radical (unpaired) electrons. The van der Waals surface area contributed by atoms with E-state index in [9.17, 15) is 14.7 Å². The summed E-state index contributed by atoms with van der Waals surface area (Å²) in [6, 6.07) is 10.1. The van der Waals surface area contributed by atoms with E-state index in [1.807, 2.05) is 17.0 Å². The van der Waals surface area contributed by atoms with Crippen LogP contribution in [0.25, 0.3) is 0 Å². The minimum atomic E-state index is -2.13. The van der Waals surface area contributed by atoms with Crippen LogP contribution in [0.15, 0.2) is 47.2 Å². The van der Waals surface area contributed by atoms with Crippen LogP contribution in [0.3, 0.4) is 0 Å². The summed E-state index contributed by atoms with van der Waals surface area (Å²) in [5.74, 6) is -0.985. The normalized spacial score (nSPS) is 16.5. The van der Waals surface area contributed by atoms with Crippen LogP contribution in [0, 0.1) is 0 Å². The fourth-order valence-corrected chi connectivity index (χ4v) is 3.69. The lowest BCUT2D eigenvalue weighted by Crippen LogP contribution is -2.63. The minimum absolute atomic E-state index is 0.0310. The zero-order valence-corrected chi connectivity index (χ0v) is 18.1. The molecule has 160 valence electrons. The first-order valence-corrected chi connectivity index (χ1v) is 10.6. The van der Waals surface area contributed by atoms with Crippen molar-refractivity contribution < 1.29 is 19.4 Å². The van der Waals surface area contributed by atoms with E-state index in [2.05, 4.69) is 26.2 Å². The van der Waals surface area contributed by atoms with Gasteiger partial charge in [-0.2, -0.15) is 0 Å². The number of piperidine rings is 1. The fourth-order valence-electron chi connectivity index (χ4n) is 3.28. The van der Waals surface area contributed by atoms with Crippen molar-refractivity contribution in [3.05, 3.63) is 58.3 Å². The van der Waals surface area contributed by atoms with Crippen molar-refractivity contribution >= 4 is 27.7 Å². The Morgan fingerprint density at radius 3 is 2.53 bits per heavy atom. The SMILES string of the molecule is NC(=O)[C@@](O)(CN1CCCCC1)NC(=O)c1ccc(OCc2ccnc(Br)c2)cc1. The Labute approximate surface area is 183 Å². The molecule has 3 rings (SSSR count). The molecule has 0 spiro atoms. The first-order chi connectivity index (χ1) is 14.4. The number of ether oxygens (including phenoxy) is 1. The topological polar surface area (TPSA) is 118 Å². The predicted molar refractivity (Wildman–Crippen MR) is 115 cm³/mol. The number of likely N-dealkylation sites (tertiary alicyclic amines) is 1. The summed E-state index contributed by atoms with van der Waals surface area (Å²) in [5.41, 5.74) is 4.49. The van der Waals surface area contributed by atoms with E-state index in [0.29, 0.717) is 12.4 Å². The first-order valence-electron chi connectivity index (χ1n) is 9.76. The van der Waals surface area contributed by atoms with Gasteiger partial charge in [0.1, 0.15) is 17.0 Å². The number of aromatic nitrogens is 1. The molecular formula is C21H25BrN4O4. The average molecular weight is 477 g/mol. The van der Waals surface area contributed by atoms with Gasteiger partial charge >= 0.3 is 0 Å². The van der Waals surface area contributed by atoms with Gasteiger partial charge < -0.3 is 20.9 Å². The van der Waals surface area contributed by atoms with Crippen LogP contribution in [-0.2, 0) is 11.4 Å². The van der Waals surface area contributed by atoms with Gasteiger partial charge in [-0.1, -0.05) is 6.42 Å². The summed E-state index contributed by atoms with van der Waals surface area (Å²) in [5, 5.41) is 13.1. The highest BCUT2D eigenvalue weighted by molar-refractivity contribution is 9.10. The molecule has 2 heterocycles. The summed E-state index contributed by atoms with van der Waals surface area (Å²) in [6.45, 7) is 1.83. The molecule has 0 bridgehead atoms. The zero-order valence-electron chi connectivity index (χ0n) is 16.5. The lowest BCUT2D eigenvalue weighted by atomic mass is 10.1. The van der Waals surface area contributed by atoms with Crippen LogP contribution in [0.2, 0.25) is 0 Å². The van der Waals surface area contributed by atoms with E-state index < -0.39 is 17.5 Å². The summed E-state index contributed by atoms with van der Waals surface area (Å²) in [6.07, 6.45) is 4.77. The van der Waals surface area contributed by atoms with Crippen molar-refractivity contribution in [2.24, 2.45) is 5.73 Å². The Morgan fingerprint density at radius 1 is 1.20 bits per heavy atom. The molecule has 0 unspecified atom stereocenters. The third-order valence-electron chi connectivity index (χ3n) is 4.94. The Balaban J connectivity index is 1.60. The molecule has 4 N–H and O–H groups in total. The average Bonchev–Trinajstić information content (AvgIpc) is 2.73. The van der Waals surface area contributed by atoms with Gasteiger partial charge in [-0.3, -0.25) is 14.5 Å². The van der Waals surface area contributed by atoms with Crippen LogP contribution in [0.5, 0.6) is 5.75 Å². The molecule has 1 fully saturated rings. The van der Waals surface area contributed by atoms with E-state index in [4.69, 9.17) is 10.5 Å². The first kappa shape index (κ1) is 22.2. The van der Waals surface area contributed by atoms with Gasteiger partial charge in [0.2, 0.25) is 5.72 Å². The maximum absolute atomic E-state index is 12.6. The standard InChI is InChI=1S/C21H25BrN4O4/c22-18-12-15(8-9-24-18)13-30-17-6-4-16(5-7-17)19(27)25-21(29,20(23)28)14-26-10-2-1-3-11-26/h4-9,12,29H,1-3,10-11,13-14H2,(H2,23,28)(H,25,27)/t21-/m0/s1. The molecule has 1 aliphatic rings. The molecule has 9 heteroatoms. The predicted octanol–water partition coefficient (Wildman–Crippen LogP) is 1.81. The van der Waals surface area contributed by atoms with Gasteiger partial charge in [0.05, 0.1) is 6.54 Å². The highest BCUT2D eigenvalue weighted by atomic mass is 79.9. The fraction of sp³-hybridized carbons (Fsp3) is 0.381. The Hall–Kier alpha value is -2.49. The second kappa shape index (κ2) is 10.0. The van der Waals surface area contributed by atoms with Gasteiger partial charge in [0.25, 0.3) is 11.8 Å². The quantitative estimate of drug-likeness (QED) is 0.395. The third kappa shape index (κ3) is 6.01. The van der Waals surface area contributed by atoms with Crippen molar-refractivity contribution in [3.8, 4) is 5.75 Å². The number of halogens is 1. The molecule has 1 saturated heterocycles. The monoisotopic (exact) mass is 476 g/mol. The molecule has 0 saturated carbocycles. The van der Waals surface area contributed by atoms with E-state index in [-0.39, 0.29) is 12.1 Å². The number of nitrogens with zero attached hydrogens (tertiary/aromatic N) is 2. The molecular weight excluding hydrogens is 452 g/mol. The number of rotatable bonds is 8. The maximum atomic E-state index is 12.6. The second-order valence-electron chi connectivity index (χ2n) is 7.32. The highest BCUT2D eigenvalue weighted by Gasteiger charge is 2.38. The molecule has 0 aliphatic carbocycles. The number of hydrogen-bond acceptors (Lipinski definition) is 6. The van der Waals surface area contributed by atoms with E-state index in [1.165, 1.54) is 0 Å². The Morgan fingerprint density at radius 2 is 1.90 bits per heavy atom. The van der Waals surface area contributed by atoms with Gasteiger partial charge in [0.15, 0.2) is 0 Å². The molecule has 1 aliphatic heterocycles. The second-order valence-corrected chi connectivity index (χ2v) is 8.13. The lowest BCUT2D eigenvalue weighted by molar-refractivity contribution is -0.141. The van der Waals surface area contributed by atoms with Crippen LogP contribution >= 0.6 is 15.9 Å². The minimum Gasteiger partial charge on any atom is -0.489 e.